The maximum absolute atomic E-state index is 15.9. The van der Waals surface area contributed by atoms with Crippen molar-refractivity contribution in [1.29, 1.82) is 0 Å². The summed E-state index contributed by atoms with van der Waals surface area (Å²) < 4.78 is 41.7. The number of hydrazine groups is 1. The van der Waals surface area contributed by atoms with Gasteiger partial charge in [-0.3, -0.25) is 9.89 Å². The molecule has 18 heteroatoms. The molecule has 0 spiro atoms. The Morgan fingerprint density at radius 2 is 1.95 bits per heavy atom. The maximum Gasteiger partial charge on any atom is 0.319 e. The molecule has 5 atom stereocenters. The van der Waals surface area contributed by atoms with Gasteiger partial charge in [0.15, 0.2) is 11.5 Å². The first-order valence-corrected chi connectivity index (χ1v) is 22.4. The smallest absolute Gasteiger partial charge is 0.319 e. The highest BCUT2D eigenvalue weighted by Crippen LogP contribution is 2.55. The van der Waals surface area contributed by atoms with E-state index in [0.29, 0.717) is 113 Å². The van der Waals surface area contributed by atoms with Crippen LogP contribution in [0, 0.1) is 18.7 Å². The number of amides is 1. The van der Waals surface area contributed by atoms with Crippen molar-refractivity contribution < 1.29 is 32.9 Å². The predicted molar refractivity (Wildman–Crippen MR) is 239 cm³/mol. The topological polar surface area (TPSA) is 199 Å². The highest BCUT2D eigenvalue weighted by Gasteiger charge is 2.50. The molecule has 5 unspecified atom stereocenters. The number of rotatable bonds is 12. The summed E-state index contributed by atoms with van der Waals surface area (Å²) in [5, 5.41) is 13.6. The Bertz CT molecular complexity index is 2660. The Balaban J connectivity index is 1.05. The predicted octanol–water partition coefficient (Wildman–Crippen LogP) is 5.37. The van der Waals surface area contributed by atoms with Gasteiger partial charge in [0.05, 0.1) is 53.1 Å². The van der Waals surface area contributed by atoms with Crippen LogP contribution in [-0.2, 0) is 20.9 Å². The molecule has 5 aliphatic rings. The van der Waals surface area contributed by atoms with Crippen molar-refractivity contribution in [3.8, 4) is 28.6 Å². The number of piperazine rings is 1. The van der Waals surface area contributed by atoms with Crippen LogP contribution < -0.4 is 36.0 Å². The van der Waals surface area contributed by atoms with E-state index in [9.17, 15) is 9.59 Å². The number of aromatic amines is 1. The number of nitrogens with zero attached hydrogens (tertiary/aromatic N) is 6. The Kier molecular flexibility index (Phi) is 11.2. The monoisotopic (exact) mass is 894 g/mol. The van der Waals surface area contributed by atoms with Gasteiger partial charge in [-0.1, -0.05) is 49.7 Å². The van der Waals surface area contributed by atoms with E-state index in [1.165, 1.54) is 11.1 Å². The van der Waals surface area contributed by atoms with Crippen molar-refractivity contribution in [2.45, 2.75) is 95.8 Å². The second kappa shape index (κ2) is 17.0. The third-order valence-corrected chi connectivity index (χ3v) is 13.9. The van der Waals surface area contributed by atoms with Crippen molar-refractivity contribution in [3.05, 3.63) is 70.3 Å². The van der Waals surface area contributed by atoms with Gasteiger partial charge in [0, 0.05) is 60.7 Å². The minimum absolute atomic E-state index is 0.0245. The lowest BCUT2D eigenvalue weighted by Crippen LogP contribution is -2.53. The second-order valence-corrected chi connectivity index (χ2v) is 18.2. The molecule has 7 heterocycles. The van der Waals surface area contributed by atoms with Crippen molar-refractivity contribution in [2.24, 2.45) is 17.5 Å². The molecule has 10 rings (SSSR count). The van der Waals surface area contributed by atoms with Crippen molar-refractivity contribution >= 4 is 57.1 Å². The molecule has 4 fully saturated rings. The summed E-state index contributed by atoms with van der Waals surface area (Å²) in [6, 6.07) is 8.25. The maximum atomic E-state index is 15.9. The van der Waals surface area contributed by atoms with Crippen LogP contribution in [-0.4, -0.2) is 111 Å². The molecule has 5 aliphatic heterocycles. The average molecular weight is 895 g/mol. The lowest BCUT2D eigenvalue weighted by Gasteiger charge is -2.35. The standard InChI is InChI=1S/C46H52ClFN10O6/c1-23(2)41(45(60)56-12-4-5-27(56)20-59)57(50)19-32(49)26-8-6-25(7-9-26)21-62-43-37(36-24(3)31(48)16-33-30(36)18-52-55-33)39(47)42-38-40(43)53-46(64-29-10-13-61-14-11-29)54-44(38)58-28-15-34(51-17-28)35(58)22-63-42/h6-9,16,18-20,23,27-29,34-35,41,51H,4-5,10-15,17,21-22,49-50H2,1-3H3,(H,52,55)/b32-19-. The van der Waals surface area contributed by atoms with Gasteiger partial charge in [0.2, 0.25) is 5.91 Å². The van der Waals surface area contributed by atoms with E-state index in [0.717, 1.165) is 31.2 Å². The average Bonchev–Trinajstić information content (AvgIpc) is 4.11. The third kappa shape index (κ3) is 7.31. The number of carbonyl (C=O) groups is 2. The molecule has 0 aliphatic carbocycles. The van der Waals surface area contributed by atoms with E-state index in [1.54, 1.807) is 24.2 Å². The fourth-order valence-electron chi connectivity index (χ4n) is 10.2. The van der Waals surface area contributed by atoms with E-state index in [-0.39, 0.29) is 53.7 Å². The molecule has 64 heavy (non-hydrogen) atoms. The van der Waals surface area contributed by atoms with E-state index in [1.807, 2.05) is 38.1 Å². The molecule has 336 valence electrons. The molecule has 16 nitrogen and oxygen atoms in total. The lowest BCUT2D eigenvalue weighted by atomic mass is 9.93. The normalized spacial score (nSPS) is 22.5. The fourth-order valence-corrected chi connectivity index (χ4v) is 10.5. The van der Waals surface area contributed by atoms with Crippen LogP contribution in [0.3, 0.4) is 0 Å². The quantitative estimate of drug-likeness (QED) is 0.0708. The first-order valence-electron chi connectivity index (χ1n) is 22.1. The van der Waals surface area contributed by atoms with Gasteiger partial charge in [0.25, 0.3) is 0 Å². The summed E-state index contributed by atoms with van der Waals surface area (Å²) >= 11 is 7.56. The number of nitrogens with two attached hydrogens (primary N) is 2. The van der Waals surface area contributed by atoms with Gasteiger partial charge in [-0.2, -0.15) is 15.1 Å². The van der Waals surface area contributed by atoms with Gasteiger partial charge >= 0.3 is 6.01 Å². The molecule has 0 radical (unpaired) electrons. The third-order valence-electron chi connectivity index (χ3n) is 13.5. The van der Waals surface area contributed by atoms with Gasteiger partial charge in [-0.15, -0.1) is 0 Å². The van der Waals surface area contributed by atoms with Gasteiger partial charge in [-0.25, -0.2) is 10.2 Å². The number of ether oxygens (including phenoxy) is 4. The molecule has 2 aromatic heterocycles. The van der Waals surface area contributed by atoms with Gasteiger partial charge < -0.3 is 49.6 Å². The number of hydrogen-bond donors (Lipinski definition) is 4. The summed E-state index contributed by atoms with van der Waals surface area (Å²) in [6.07, 6.45) is 7.61. The zero-order valence-corrected chi connectivity index (χ0v) is 36.7. The summed E-state index contributed by atoms with van der Waals surface area (Å²) in [6.45, 7) is 8.38. The van der Waals surface area contributed by atoms with Crippen molar-refractivity contribution in [3.63, 3.8) is 0 Å². The van der Waals surface area contributed by atoms with Gasteiger partial charge in [-0.05, 0) is 54.9 Å². The fraction of sp³-hybridized carbons (Fsp3) is 0.457. The zero-order valence-electron chi connectivity index (χ0n) is 36.0. The van der Waals surface area contributed by atoms with E-state index in [4.69, 9.17) is 52.1 Å². The highest BCUT2D eigenvalue weighted by molar-refractivity contribution is 6.38. The summed E-state index contributed by atoms with van der Waals surface area (Å²) in [4.78, 5) is 39.5. The van der Waals surface area contributed by atoms with E-state index >= 15 is 4.39 Å². The van der Waals surface area contributed by atoms with Crippen LogP contribution in [0.4, 0.5) is 10.2 Å². The number of nitrogens with one attached hydrogen (secondary N) is 2. The summed E-state index contributed by atoms with van der Waals surface area (Å²) in [7, 11) is 0. The Hall–Kier alpha value is -5.75. The second-order valence-electron chi connectivity index (χ2n) is 17.8. The molecule has 6 N–H and O–H groups in total. The van der Waals surface area contributed by atoms with Crippen molar-refractivity contribution in [1.82, 2.24) is 35.4 Å². The number of halogens is 2. The van der Waals surface area contributed by atoms with Crippen LogP contribution >= 0.6 is 11.6 Å². The Labute approximate surface area is 374 Å². The number of aldehydes is 1. The Morgan fingerprint density at radius 1 is 1.16 bits per heavy atom. The highest BCUT2D eigenvalue weighted by atomic mass is 35.5. The van der Waals surface area contributed by atoms with Crippen LogP contribution in [0.2, 0.25) is 5.02 Å². The first kappa shape index (κ1) is 42.2. The molecule has 5 aromatic rings. The van der Waals surface area contributed by atoms with Gasteiger partial charge in [0.1, 0.15) is 48.8 Å². The zero-order chi connectivity index (χ0) is 44.4. The minimum atomic E-state index is -0.718. The molecule has 2 bridgehead atoms. The molecular formula is C46H52ClFN10O6. The Morgan fingerprint density at radius 3 is 2.72 bits per heavy atom. The molecule has 4 saturated heterocycles. The number of fused-ring (bicyclic) bond motifs is 7. The molecule has 3 aromatic carbocycles. The number of carbonyl (C=O) groups excluding carboxylic acids is 2. The summed E-state index contributed by atoms with van der Waals surface area (Å²) in [5.74, 6) is 7.08. The van der Waals surface area contributed by atoms with Crippen LogP contribution in [0.15, 0.2) is 42.7 Å². The molecular weight excluding hydrogens is 843 g/mol. The lowest BCUT2D eigenvalue weighted by molar-refractivity contribution is -0.140. The number of hydrogen-bond acceptors (Lipinski definition) is 14. The molecule has 0 saturated carbocycles. The van der Waals surface area contributed by atoms with E-state index in [2.05, 4.69) is 20.4 Å². The number of benzene rings is 3. The van der Waals surface area contributed by atoms with Crippen LogP contribution in [0.5, 0.6) is 17.5 Å². The summed E-state index contributed by atoms with van der Waals surface area (Å²) in [5.41, 5.74) is 10.6. The SMILES string of the molecule is Cc1c(F)cc2[nH]ncc2c1-c1c(Cl)c2c3c(nc(OC4CCOCC4)nc3c1OCc1ccc(/C(N)=C/N(N)C(C(=O)N3CCCC3C=O)C(C)C)cc1)N1C3CNC(C3)C1CO2. The minimum Gasteiger partial charge on any atom is -0.489 e. The van der Waals surface area contributed by atoms with Crippen LogP contribution in [0.1, 0.15) is 62.6 Å². The number of likely N-dealkylation sites (tertiary alicyclic amines) is 1. The number of H-pyrrole nitrogens is 1. The van der Waals surface area contributed by atoms with Crippen molar-refractivity contribution in [2.75, 3.05) is 37.8 Å². The number of aromatic nitrogens is 4. The largest absolute Gasteiger partial charge is 0.489 e. The first-order chi connectivity index (χ1) is 31.0. The molecule has 1 amide bonds. The van der Waals surface area contributed by atoms with Crippen LogP contribution in [0.25, 0.3) is 38.6 Å². The van der Waals surface area contributed by atoms with E-state index < -0.39 is 17.9 Å². The number of anilines is 1.